The fraction of sp³-hybridized carbons (Fsp3) is 0.0455. The van der Waals surface area contributed by atoms with E-state index in [0.717, 1.165) is 5.69 Å². The standard InChI is InChI=1S/C22H19N7O2/c30-21(15-23-22(31)16-5-2-1-3-6-16)26-18-9-7-17(8-10-18)25-19-11-12-20(28-27-19)29-14-4-13-24-29/h1-14H,15H2,(H,23,31)(H,25,27)(H,26,30). The van der Waals surface area contributed by atoms with E-state index in [4.69, 9.17) is 0 Å². The largest absolute Gasteiger partial charge is 0.343 e. The summed E-state index contributed by atoms with van der Waals surface area (Å²) in [5.74, 6) is 0.587. The zero-order valence-electron chi connectivity index (χ0n) is 16.4. The SMILES string of the molecule is O=C(CNC(=O)c1ccccc1)Nc1ccc(Nc2ccc(-n3cccn3)nn2)cc1. The smallest absolute Gasteiger partial charge is 0.251 e. The summed E-state index contributed by atoms with van der Waals surface area (Å²) >= 11 is 0. The van der Waals surface area contributed by atoms with Crippen LogP contribution in [0.4, 0.5) is 17.2 Å². The minimum Gasteiger partial charge on any atom is -0.343 e. The summed E-state index contributed by atoms with van der Waals surface area (Å²) < 4.78 is 1.62. The normalized spacial score (nSPS) is 10.3. The van der Waals surface area contributed by atoms with E-state index < -0.39 is 0 Å². The zero-order chi connectivity index (χ0) is 21.5. The molecule has 2 aromatic carbocycles. The molecule has 4 rings (SSSR count). The van der Waals surface area contributed by atoms with Crippen molar-refractivity contribution in [2.24, 2.45) is 0 Å². The monoisotopic (exact) mass is 413 g/mol. The number of hydrogen-bond acceptors (Lipinski definition) is 6. The highest BCUT2D eigenvalue weighted by atomic mass is 16.2. The molecular weight excluding hydrogens is 394 g/mol. The Morgan fingerprint density at radius 1 is 0.839 bits per heavy atom. The van der Waals surface area contributed by atoms with E-state index in [2.05, 4.69) is 31.2 Å². The lowest BCUT2D eigenvalue weighted by atomic mass is 10.2. The second kappa shape index (κ2) is 9.31. The van der Waals surface area contributed by atoms with Crippen LogP contribution in [-0.2, 0) is 4.79 Å². The molecular formula is C22H19N7O2. The summed E-state index contributed by atoms with van der Waals surface area (Å²) in [6, 6.07) is 21.3. The molecule has 0 saturated heterocycles. The molecule has 2 amide bonds. The minimum absolute atomic E-state index is 0.119. The number of nitrogens with one attached hydrogen (secondary N) is 3. The third kappa shape index (κ3) is 5.30. The van der Waals surface area contributed by atoms with Gasteiger partial charge < -0.3 is 16.0 Å². The molecule has 0 fully saturated rings. The first kappa shape index (κ1) is 19.8. The van der Waals surface area contributed by atoms with Crippen LogP contribution in [0.1, 0.15) is 10.4 Å². The van der Waals surface area contributed by atoms with Crippen molar-refractivity contribution in [1.29, 1.82) is 0 Å². The molecule has 2 aromatic heterocycles. The highest BCUT2D eigenvalue weighted by Crippen LogP contribution is 2.17. The summed E-state index contributed by atoms with van der Waals surface area (Å²) in [6.07, 6.45) is 3.46. The lowest BCUT2D eigenvalue weighted by Crippen LogP contribution is -2.32. The lowest BCUT2D eigenvalue weighted by molar-refractivity contribution is -0.115. The first-order valence-corrected chi connectivity index (χ1v) is 9.51. The van der Waals surface area contributed by atoms with Crippen LogP contribution in [0.15, 0.2) is 85.2 Å². The summed E-state index contributed by atoms with van der Waals surface area (Å²) in [5.41, 5.74) is 1.91. The van der Waals surface area contributed by atoms with Gasteiger partial charge in [0.2, 0.25) is 5.91 Å². The molecule has 154 valence electrons. The number of hydrogen-bond donors (Lipinski definition) is 3. The summed E-state index contributed by atoms with van der Waals surface area (Å²) in [6.45, 7) is -0.119. The van der Waals surface area contributed by atoms with Gasteiger partial charge in [0.25, 0.3) is 5.91 Å². The van der Waals surface area contributed by atoms with Crippen molar-refractivity contribution in [3.63, 3.8) is 0 Å². The number of benzene rings is 2. The Hall–Kier alpha value is -4.53. The van der Waals surface area contributed by atoms with Crippen LogP contribution in [-0.4, -0.2) is 38.3 Å². The van der Waals surface area contributed by atoms with Gasteiger partial charge in [-0.25, -0.2) is 4.68 Å². The van der Waals surface area contributed by atoms with E-state index >= 15 is 0 Å². The van der Waals surface area contributed by atoms with Gasteiger partial charge in [-0.2, -0.15) is 5.10 Å². The molecule has 0 atom stereocenters. The Morgan fingerprint density at radius 3 is 2.29 bits per heavy atom. The van der Waals surface area contributed by atoms with Crippen molar-refractivity contribution in [2.45, 2.75) is 0 Å². The highest BCUT2D eigenvalue weighted by molar-refractivity contribution is 5.99. The Balaban J connectivity index is 1.28. The minimum atomic E-state index is -0.315. The lowest BCUT2D eigenvalue weighted by Gasteiger charge is -2.09. The van der Waals surface area contributed by atoms with Gasteiger partial charge in [0, 0.05) is 29.3 Å². The fourth-order valence-electron chi connectivity index (χ4n) is 2.76. The van der Waals surface area contributed by atoms with Crippen LogP contribution in [0.2, 0.25) is 0 Å². The number of rotatable bonds is 7. The maximum atomic E-state index is 12.1. The molecule has 0 aliphatic rings. The van der Waals surface area contributed by atoms with Crippen LogP contribution < -0.4 is 16.0 Å². The third-order valence-electron chi connectivity index (χ3n) is 4.28. The number of aromatic nitrogens is 4. The fourth-order valence-corrected chi connectivity index (χ4v) is 2.76. The molecule has 31 heavy (non-hydrogen) atoms. The average molecular weight is 413 g/mol. The second-order valence-corrected chi connectivity index (χ2v) is 6.53. The topological polar surface area (TPSA) is 114 Å². The van der Waals surface area contributed by atoms with Crippen LogP contribution >= 0.6 is 0 Å². The van der Waals surface area contributed by atoms with Gasteiger partial charge in [-0.15, -0.1) is 10.2 Å². The van der Waals surface area contributed by atoms with Crippen LogP contribution in [0.25, 0.3) is 5.82 Å². The molecule has 0 saturated carbocycles. The predicted molar refractivity (Wildman–Crippen MR) is 116 cm³/mol. The van der Waals surface area contributed by atoms with Crippen molar-refractivity contribution in [1.82, 2.24) is 25.3 Å². The molecule has 0 spiro atoms. The van der Waals surface area contributed by atoms with Crippen LogP contribution in [0, 0.1) is 0 Å². The number of carbonyl (C=O) groups is 2. The first-order chi connectivity index (χ1) is 15.2. The average Bonchev–Trinajstić information content (AvgIpc) is 3.35. The first-order valence-electron chi connectivity index (χ1n) is 9.51. The Morgan fingerprint density at radius 2 is 1.61 bits per heavy atom. The van der Waals surface area contributed by atoms with Crippen LogP contribution in [0.3, 0.4) is 0 Å². The van der Waals surface area contributed by atoms with Crippen molar-refractivity contribution >= 4 is 29.0 Å². The Labute approximate surface area is 178 Å². The van der Waals surface area contributed by atoms with Gasteiger partial charge in [0.05, 0.1) is 6.54 Å². The predicted octanol–water partition coefficient (Wildman–Crippen LogP) is 2.77. The Bertz CT molecular complexity index is 1140. The molecule has 0 bridgehead atoms. The molecule has 0 aliphatic heterocycles. The number of amides is 2. The van der Waals surface area contributed by atoms with E-state index in [1.165, 1.54) is 0 Å². The van der Waals surface area contributed by atoms with Crippen LogP contribution in [0.5, 0.6) is 0 Å². The van der Waals surface area contributed by atoms with E-state index in [-0.39, 0.29) is 18.4 Å². The molecule has 3 N–H and O–H groups in total. The van der Waals surface area contributed by atoms with Crippen molar-refractivity contribution < 1.29 is 9.59 Å². The molecule has 2 heterocycles. The van der Waals surface area contributed by atoms with Gasteiger partial charge in [-0.05, 0) is 54.6 Å². The number of carbonyl (C=O) groups excluding carboxylic acids is 2. The Kier molecular flexibility index (Phi) is 5.94. The van der Waals surface area contributed by atoms with Gasteiger partial charge >= 0.3 is 0 Å². The third-order valence-corrected chi connectivity index (χ3v) is 4.28. The number of nitrogens with zero attached hydrogens (tertiary/aromatic N) is 4. The maximum Gasteiger partial charge on any atom is 0.251 e. The van der Waals surface area contributed by atoms with E-state index in [1.54, 1.807) is 77.7 Å². The molecule has 0 radical (unpaired) electrons. The van der Waals surface area contributed by atoms with E-state index in [0.29, 0.717) is 22.9 Å². The summed E-state index contributed by atoms with van der Waals surface area (Å²) in [7, 11) is 0. The van der Waals surface area contributed by atoms with E-state index in [9.17, 15) is 9.59 Å². The van der Waals surface area contributed by atoms with Crippen molar-refractivity contribution in [3.8, 4) is 5.82 Å². The van der Waals surface area contributed by atoms with Gasteiger partial charge in [-0.3, -0.25) is 9.59 Å². The van der Waals surface area contributed by atoms with E-state index in [1.807, 2.05) is 12.1 Å². The molecule has 9 heteroatoms. The van der Waals surface area contributed by atoms with Crippen molar-refractivity contribution in [3.05, 3.63) is 90.8 Å². The molecule has 0 unspecified atom stereocenters. The number of anilines is 3. The quantitative estimate of drug-likeness (QED) is 0.429. The highest BCUT2D eigenvalue weighted by Gasteiger charge is 2.08. The van der Waals surface area contributed by atoms with Gasteiger partial charge in [-0.1, -0.05) is 18.2 Å². The zero-order valence-corrected chi connectivity index (χ0v) is 16.4. The molecule has 4 aromatic rings. The van der Waals surface area contributed by atoms with Crippen molar-refractivity contribution in [2.75, 3.05) is 17.2 Å². The second-order valence-electron chi connectivity index (χ2n) is 6.53. The molecule has 9 nitrogen and oxygen atoms in total. The molecule has 0 aliphatic carbocycles. The summed E-state index contributed by atoms with van der Waals surface area (Å²) in [4.78, 5) is 24.1. The van der Waals surface area contributed by atoms with Gasteiger partial charge in [0.1, 0.15) is 0 Å². The maximum absolute atomic E-state index is 12.1. The van der Waals surface area contributed by atoms with Gasteiger partial charge in [0.15, 0.2) is 11.6 Å². The summed E-state index contributed by atoms with van der Waals surface area (Å²) in [5, 5.41) is 20.8.